The molecule has 4 heteroatoms. The van der Waals surface area contributed by atoms with Gasteiger partial charge in [-0.25, -0.2) is 0 Å². The third-order valence-corrected chi connectivity index (χ3v) is 3.61. The zero-order valence-electron chi connectivity index (χ0n) is 13.5. The van der Waals surface area contributed by atoms with Gasteiger partial charge in [-0.05, 0) is 37.0 Å². The number of hydrogen-bond donors (Lipinski definition) is 1. The average Bonchev–Trinajstić information content (AvgIpc) is 2.45. The largest absolute Gasteiger partial charge is 0.492 e. The first-order chi connectivity index (χ1) is 9.99. The van der Waals surface area contributed by atoms with E-state index in [1.165, 1.54) is 0 Å². The molecule has 1 fully saturated rings. The van der Waals surface area contributed by atoms with Crippen molar-refractivity contribution in [3.63, 3.8) is 0 Å². The Balaban J connectivity index is 2.28. The molecular weight excluding hydrogens is 264 g/mol. The molecule has 1 aromatic rings. The Kier molecular flexibility index (Phi) is 5.23. The summed E-state index contributed by atoms with van der Waals surface area (Å²) in [5, 5.41) is 3.27. The Morgan fingerprint density at radius 2 is 1.95 bits per heavy atom. The van der Waals surface area contributed by atoms with Gasteiger partial charge >= 0.3 is 0 Å². The van der Waals surface area contributed by atoms with Crippen LogP contribution in [0.3, 0.4) is 0 Å². The number of nitrogens with one attached hydrogen (secondary N) is 1. The maximum absolute atomic E-state index is 12.8. The van der Waals surface area contributed by atoms with Gasteiger partial charge in [-0.1, -0.05) is 19.9 Å². The lowest BCUT2D eigenvalue weighted by Crippen LogP contribution is -2.46. The number of rotatable bonds is 4. The maximum Gasteiger partial charge on any atom is 0.257 e. The molecule has 2 rings (SSSR count). The summed E-state index contributed by atoms with van der Waals surface area (Å²) in [7, 11) is 0. The smallest absolute Gasteiger partial charge is 0.257 e. The number of piperazine rings is 1. The van der Waals surface area contributed by atoms with E-state index in [1.54, 1.807) is 0 Å². The van der Waals surface area contributed by atoms with E-state index in [4.69, 9.17) is 4.74 Å². The highest BCUT2D eigenvalue weighted by molar-refractivity contribution is 5.97. The molecule has 1 amide bonds. The lowest BCUT2D eigenvalue weighted by Gasteiger charge is -2.28. The van der Waals surface area contributed by atoms with Crippen molar-refractivity contribution in [2.45, 2.75) is 27.7 Å². The van der Waals surface area contributed by atoms with Crippen molar-refractivity contribution in [3.8, 4) is 5.75 Å². The summed E-state index contributed by atoms with van der Waals surface area (Å²) >= 11 is 0. The molecule has 1 heterocycles. The van der Waals surface area contributed by atoms with Crippen molar-refractivity contribution in [2.24, 2.45) is 5.92 Å². The van der Waals surface area contributed by atoms with E-state index in [-0.39, 0.29) is 5.91 Å². The molecule has 116 valence electrons. The molecule has 0 atom stereocenters. The summed E-state index contributed by atoms with van der Waals surface area (Å²) in [5.74, 6) is 1.27. The van der Waals surface area contributed by atoms with Gasteiger partial charge in [0.25, 0.3) is 5.91 Å². The van der Waals surface area contributed by atoms with Crippen molar-refractivity contribution >= 4 is 5.91 Å². The fraction of sp³-hybridized carbons (Fsp3) is 0.588. The van der Waals surface area contributed by atoms with Crippen LogP contribution >= 0.6 is 0 Å². The molecule has 0 unspecified atom stereocenters. The van der Waals surface area contributed by atoms with Gasteiger partial charge < -0.3 is 15.0 Å². The highest BCUT2D eigenvalue weighted by atomic mass is 16.5. The minimum atomic E-state index is 0.0852. The van der Waals surface area contributed by atoms with Crippen molar-refractivity contribution in [3.05, 3.63) is 28.8 Å². The summed E-state index contributed by atoms with van der Waals surface area (Å²) in [6.07, 6.45) is 0. The molecule has 0 aliphatic carbocycles. The van der Waals surface area contributed by atoms with E-state index in [1.807, 2.05) is 24.8 Å². The number of ether oxygens (including phenoxy) is 1. The molecule has 1 aliphatic rings. The first-order valence-corrected chi connectivity index (χ1v) is 7.73. The first-order valence-electron chi connectivity index (χ1n) is 7.73. The molecule has 0 radical (unpaired) electrons. The quantitative estimate of drug-likeness (QED) is 0.925. The van der Waals surface area contributed by atoms with Crippen molar-refractivity contribution in [2.75, 3.05) is 32.8 Å². The van der Waals surface area contributed by atoms with Crippen LogP contribution in [0.15, 0.2) is 12.1 Å². The Morgan fingerprint density at radius 1 is 1.29 bits per heavy atom. The van der Waals surface area contributed by atoms with Crippen LogP contribution in [0.25, 0.3) is 0 Å². The monoisotopic (exact) mass is 290 g/mol. The second-order valence-electron chi connectivity index (χ2n) is 6.21. The van der Waals surface area contributed by atoms with Crippen LogP contribution in [0.2, 0.25) is 0 Å². The van der Waals surface area contributed by atoms with Crippen LogP contribution < -0.4 is 10.1 Å². The summed E-state index contributed by atoms with van der Waals surface area (Å²) in [5.41, 5.74) is 2.84. The maximum atomic E-state index is 12.8. The van der Waals surface area contributed by atoms with Crippen molar-refractivity contribution < 1.29 is 9.53 Å². The van der Waals surface area contributed by atoms with Gasteiger partial charge in [0, 0.05) is 26.2 Å². The molecule has 0 spiro atoms. The van der Waals surface area contributed by atoms with Crippen LogP contribution in [0.1, 0.15) is 35.3 Å². The van der Waals surface area contributed by atoms with Crippen LogP contribution in [0, 0.1) is 19.8 Å². The SMILES string of the molecule is Cc1cc(C)c(OCC(C)C)c(C(=O)N2CCNCC2)c1. The van der Waals surface area contributed by atoms with Crippen LogP contribution in [0.4, 0.5) is 0 Å². The molecule has 1 N–H and O–H groups in total. The Bertz CT molecular complexity index is 506. The van der Waals surface area contributed by atoms with Crippen LogP contribution in [0.5, 0.6) is 5.75 Å². The number of carbonyl (C=O) groups is 1. The lowest BCUT2D eigenvalue weighted by molar-refractivity contribution is 0.0730. The van der Waals surface area contributed by atoms with E-state index < -0.39 is 0 Å². The predicted octanol–water partition coefficient (Wildman–Crippen LogP) is 2.38. The Morgan fingerprint density at radius 3 is 2.57 bits per heavy atom. The summed E-state index contributed by atoms with van der Waals surface area (Å²) < 4.78 is 5.93. The molecule has 1 aromatic carbocycles. The van der Waals surface area contributed by atoms with E-state index in [0.717, 1.165) is 43.1 Å². The number of benzene rings is 1. The van der Waals surface area contributed by atoms with Crippen LogP contribution in [-0.2, 0) is 0 Å². The van der Waals surface area contributed by atoms with Gasteiger partial charge in [0.1, 0.15) is 5.75 Å². The van der Waals surface area contributed by atoms with Gasteiger partial charge in [0.2, 0.25) is 0 Å². The fourth-order valence-electron chi connectivity index (χ4n) is 2.59. The van der Waals surface area contributed by atoms with Gasteiger partial charge in [-0.3, -0.25) is 4.79 Å². The molecule has 0 bridgehead atoms. The normalized spacial score (nSPS) is 15.4. The number of aryl methyl sites for hydroxylation is 2. The second kappa shape index (κ2) is 6.94. The number of carbonyl (C=O) groups excluding carboxylic acids is 1. The zero-order chi connectivity index (χ0) is 15.4. The molecule has 0 saturated carbocycles. The Labute approximate surface area is 127 Å². The summed E-state index contributed by atoms with van der Waals surface area (Å²) in [6, 6.07) is 4.03. The topological polar surface area (TPSA) is 41.6 Å². The van der Waals surface area contributed by atoms with E-state index in [9.17, 15) is 4.79 Å². The number of amides is 1. The summed E-state index contributed by atoms with van der Waals surface area (Å²) in [6.45, 7) is 12.1. The zero-order valence-corrected chi connectivity index (χ0v) is 13.5. The average molecular weight is 290 g/mol. The molecular formula is C17H26N2O2. The van der Waals surface area contributed by atoms with Gasteiger partial charge in [-0.15, -0.1) is 0 Å². The highest BCUT2D eigenvalue weighted by Crippen LogP contribution is 2.27. The highest BCUT2D eigenvalue weighted by Gasteiger charge is 2.23. The third kappa shape index (κ3) is 3.97. The standard InChI is InChI=1S/C17H26N2O2/c1-12(2)11-21-16-14(4)9-13(3)10-15(16)17(20)19-7-5-18-6-8-19/h9-10,12,18H,5-8,11H2,1-4H3. The lowest BCUT2D eigenvalue weighted by atomic mass is 10.0. The van der Waals surface area contributed by atoms with E-state index >= 15 is 0 Å². The third-order valence-electron chi connectivity index (χ3n) is 3.61. The molecule has 1 saturated heterocycles. The number of hydrogen-bond acceptors (Lipinski definition) is 3. The van der Waals surface area contributed by atoms with Gasteiger partial charge in [-0.2, -0.15) is 0 Å². The molecule has 4 nitrogen and oxygen atoms in total. The minimum absolute atomic E-state index is 0.0852. The van der Waals surface area contributed by atoms with Crippen LogP contribution in [-0.4, -0.2) is 43.6 Å². The first kappa shape index (κ1) is 15.8. The van der Waals surface area contributed by atoms with Gasteiger partial charge in [0.05, 0.1) is 12.2 Å². The van der Waals surface area contributed by atoms with Gasteiger partial charge in [0.15, 0.2) is 0 Å². The molecule has 1 aliphatic heterocycles. The fourth-order valence-corrected chi connectivity index (χ4v) is 2.59. The van der Waals surface area contributed by atoms with E-state index in [2.05, 4.69) is 25.2 Å². The van der Waals surface area contributed by atoms with E-state index in [0.29, 0.717) is 18.1 Å². The Hall–Kier alpha value is -1.55. The molecule has 21 heavy (non-hydrogen) atoms. The number of nitrogens with zero attached hydrogens (tertiary/aromatic N) is 1. The molecule has 0 aromatic heterocycles. The minimum Gasteiger partial charge on any atom is -0.492 e. The van der Waals surface area contributed by atoms with Crippen molar-refractivity contribution in [1.29, 1.82) is 0 Å². The predicted molar refractivity (Wildman–Crippen MR) is 85.0 cm³/mol. The summed E-state index contributed by atoms with van der Waals surface area (Å²) in [4.78, 5) is 14.7. The second-order valence-corrected chi connectivity index (χ2v) is 6.21. The van der Waals surface area contributed by atoms with Crippen molar-refractivity contribution in [1.82, 2.24) is 10.2 Å².